The van der Waals surface area contributed by atoms with Gasteiger partial charge < -0.3 is 14.6 Å². The number of hydrogen-bond acceptors (Lipinski definition) is 6. The van der Waals surface area contributed by atoms with Gasteiger partial charge in [0.1, 0.15) is 5.69 Å². The van der Waals surface area contributed by atoms with Crippen LogP contribution < -0.4 is 5.32 Å². The number of aromatic nitrogens is 5. The van der Waals surface area contributed by atoms with E-state index < -0.39 is 11.7 Å². The molecule has 4 heterocycles. The summed E-state index contributed by atoms with van der Waals surface area (Å²) in [4.78, 5) is 25.7. The molecule has 7 rings (SSSR count). The molecular weight excluding hydrogens is 545 g/mol. The van der Waals surface area contributed by atoms with E-state index in [1.165, 1.54) is 24.5 Å². The van der Waals surface area contributed by atoms with Crippen LogP contribution in [0.5, 0.6) is 0 Å². The first-order valence-electron chi connectivity index (χ1n) is 15.7. The van der Waals surface area contributed by atoms with Crippen LogP contribution in [0.15, 0.2) is 30.5 Å². The molecule has 1 aromatic carbocycles. The molecule has 10 heteroatoms. The standard InChI is InChI=1S/C33H40FN7O2/c1-19-16-26(30(34)31(36-19)27-18-35-39(3)20(27)2)32(43)38-33-37-28-17-22(21-12-14-40(15-13-21)23-5-6-23)4-11-29(28)41(33)24-7-9-25(42)10-8-24/h4,11,16-18,21,23-25,42H,5-10,12-15H2,1-3H3,(H,37,38,43)/t24-,25+. The number of anilines is 1. The van der Waals surface area contributed by atoms with Crippen molar-refractivity contribution in [2.24, 2.45) is 7.05 Å². The zero-order valence-corrected chi connectivity index (χ0v) is 25.2. The van der Waals surface area contributed by atoms with Gasteiger partial charge in [-0.05, 0) is 108 Å². The summed E-state index contributed by atoms with van der Waals surface area (Å²) in [5.41, 5.74) is 4.97. The maximum absolute atomic E-state index is 15.9. The lowest BCUT2D eigenvalue weighted by atomic mass is 9.89. The summed E-state index contributed by atoms with van der Waals surface area (Å²) in [5, 5.41) is 17.4. The van der Waals surface area contributed by atoms with E-state index in [9.17, 15) is 9.90 Å². The summed E-state index contributed by atoms with van der Waals surface area (Å²) in [7, 11) is 1.79. The Hall–Kier alpha value is -3.63. The van der Waals surface area contributed by atoms with Crippen molar-refractivity contribution in [3.8, 4) is 11.3 Å². The van der Waals surface area contributed by atoms with Gasteiger partial charge in [-0.3, -0.25) is 14.8 Å². The minimum absolute atomic E-state index is 0.0773. The molecule has 0 atom stereocenters. The number of aliphatic hydroxyl groups excluding tert-OH is 1. The van der Waals surface area contributed by atoms with Crippen LogP contribution in [0, 0.1) is 19.7 Å². The van der Waals surface area contributed by atoms with E-state index in [2.05, 4.69) is 43.1 Å². The van der Waals surface area contributed by atoms with E-state index >= 15 is 4.39 Å². The number of amides is 1. The molecule has 43 heavy (non-hydrogen) atoms. The smallest absolute Gasteiger partial charge is 0.261 e. The summed E-state index contributed by atoms with van der Waals surface area (Å²) in [6, 6.07) is 8.89. The number of aryl methyl sites for hydroxylation is 2. The van der Waals surface area contributed by atoms with Gasteiger partial charge in [-0.15, -0.1) is 0 Å². The Bertz CT molecular complexity index is 1670. The molecule has 9 nitrogen and oxygen atoms in total. The van der Waals surface area contributed by atoms with Crippen molar-refractivity contribution in [3.05, 3.63) is 58.8 Å². The first-order valence-corrected chi connectivity index (χ1v) is 15.7. The number of nitrogens with zero attached hydrogens (tertiary/aromatic N) is 6. The third kappa shape index (κ3) is 5.35. The predicted octanol–water partition coefficient (Wildman–Crippen LogP) is 5.66. The summed E-state index contributed by atoms with van der Waals surface area (Å²) < 4.78 is 19.7. The Labute approximate surface area is 251 Å². The molecule has 3 aliphatic rings. The van der Waals surface area contributed by atoms with E-state index in [1.54, 1.807) is 24.9 Å². The maximum atomic E-state index is 15.9. The Kier molecular flexibility index (Phi) is 7.29. The number of carbonyl (C=O) groups excluding carboxylic acids is 1. The molecule has 3 fully saturated rings. The average Bonchev–Trinajstić information content (AvgIpc) is 3.72. The molecule has 0 bridgehead atoms. The van der Waals surface area contributed by atoms with E-state index in [4.69, 9.17) is 4.98 Å². The number of nitrogens with one attached hydrogen (secondary N) is 1. The molecule has 226 valence electrons. The molecule has 1 saturated heterocycles. The minimum atomic E-state index is -0.678. The van der Waals surface area contributed by atoms with Crippen molar-refractivity contribution in [1.29, 1.82) is 0 Å². The number of halogens is 1. The molecule has 0 radical (unpaired) electrons. The zero-order chi connectivity index (χ0) is 29.8. The highest BCUT2D eigenvalue weighted by atomic mass is 19.1. The molecule has 1 amide bonds. The van der Waals surface area contributed by atoms with Gasteiger partial charge in [-0.1, -0.05) is 6.07 Å². The van der Waals surface area contributed by atoms with Crippen LogP contribution in [-0.4, -0.2) is 65.5 Å². The normalized spacial score (nSPS) is 21.9. The van der Waals surface area contributed by atoms with Gasteiger partial charge in [-0.25, -0.2) is 14.4 Å². The lowest BCUT2D eigenvalue weighted by Gasteiger charge is -2.32. The number of aliphatic hydroxyl groups is 1. The summed E-state index contributed by atoms with van der Waals surface area (Å²) in [6.45, 7) is 5.89. The second-order valence-electron chi connectivity index (χ2n) is 12.8. The van der Waals surface area contributed by atoms with Gasteiger partial charge in [0.05, 0.1) is 28.9 Å². The number of fused-ring (bicyclic) bond motifs is 1. The number of hydrogen-bond donors (Lipinski definition) is 2. The molecule has 2 N–H and O–H groups in total. The molecule has 0 unspecified atom stereocenters. The Balaban J connectivity index is 1.22. The maximum Gasteiger partial charge on any atom is 0.261 e. The number of rotatable bonds is 6. The number of likely N-dealkylation sites (tertiary alicyclic amines) is 1. The van der Waals surface area contributed by atoms with Gasteiger partial charge in [0.2, 0.25) is 5.95 Å². The molecule has 2 aliphatic carbocycles. The second-order valence-corrected chi connectivity index (χ2v) is 12.8. The van der Waals surface area contributed by atoms with Crippen molar-refractivity contribution in [2.75, 3.05) is 18.4 Å². The molecular formula is C33H40FN7O2. The zero-order valence-electron chi connectivity index (χ0n) is 25.2. The largest absolute Gasteiger partial charge is 0.393 e. The SMILES string of the molecule is Cc1cc(C(=O)Nc2nc3cc(C4CCN(C5CC5)CC4)ccc3n2[C@H]2CC[C@@H](O)CC2)c(F)c(-c2cnn(C)c2C)n1. The number of benzene rings is 1. The van der Waals surface area contributed by atoms with E-state index in [1.807, 2.05) is 6.92 Å². The van der Waals surface area contributed by atoms with Gasteiger partial charge >= 0.3 is 0 Å². The molecule has 3 aromatic heterocycles. The molecule has 4 aromatic rings. The van der Waals surface area contributed by atoms with Crippen LogP contribution in [0.4, 0.5) is 10.3 Å². The number of piperidine rings is 1. The van der Waals surface area contributed by atoms with Crippen LogP contribution >= 0.6 is 0 Å². The van der Waals surface area contributed by atoms with Crippen LogP contribution in [0.3, 0.4) is 0 Å². The van der Waals surface area contributed by atoms with E-state index in [-0.39, 0.29) is 23.4 Å². The highest BCUT2D eigenvalue weighted by Crippen LogP contribution is 2.38. The molecule has 0 spiro atoms. The lowest BCUT2D eigenvalue weighted by molar-refractivity contribution is 0.101. The fourth-order valence-electron chi connectivity index (χ4n) is 7.08. The second kappa shape index (κ2) is 11.1. The summed E-state index contributed by atoms with van der Waals surface area (Å²) in [6.07, 6.45) is 9.20. The molecule has 2 saturated carbocycles. The highest BCUT2D eigenvalue weighted by molar-refractivity contribution is 6.05. The third-order valence-electron chi connectivity index (χ3n) is 9.86. The van der Waals surface area contributed by atoms with Gasteiger partial charge in [0.25, 0.3) is 5.91 Å². The van der Waals surface area contributed by atoms with Crippen LogP contribution in [0.25, 0.3) is 22.3 Å². The first kappa shape index (κ1) is 28.2. The van der Waals surface area contributed by atoms with E-state index in [0.717, 1.165) is 61.5 Å². The fourth-order valence-corrected chi connectivity index (χ4v) is 7.08. The predicted molar refractivity (Wildman–Crippen MR) is 164 cm³/mol. The Morgan fingerprint density at radius 1 is 0.977 bits per heavy atom. The fraction of sp³-hybridized carbons (Fsp3) is 0.515. The topological polar surface area (TPSA) is 101 Å². The van der Waals surface area contributed by atoms with Crippen LogP contribution in [0.2, 0.25) is 0 Å². The van der Waals surface area contributed by atoms with Crippen molar-refractivity contribution >= 4 is 22.9 Å². The number of imidazole rings is 1. The number of pyridine rings is 1. The Morgan fingerprint density at radius 2 is 1.70 bits per heavy atom. The first-order chi connectivity index (χ1) is 20.8. The minimum Gasteiger partial charge on any atom is -0.393 e. The van der Waals surface area contributed by atoms with Gasteiger partial charge in [0, 0.05) is 36.1 Å². The Morgan fingerprint density at radius 3 is 2.37 bits per heavy atom. The number of carbonyl (C=O) groups is 1. The van der Waals surface area contributed by atoms with Crippen LogP contribution in [0.1, 0.15) is 90.6 Å². The van der Waals surface area contributed by atoms with Gasteiger partial charge in [0.15, 0.2) is 5.82 Å². The molecule has 1 aliphatic heterocycles. The quantitative estimate of drug-likeness (QED) is 0.303. The monoisotopic (exact) mass is 585 g/mol. The lowest BCUT2D eigenvalue weighted by Crippen LogP contribution is -2.34. The van der Waals surface area contributed by atoms with Crippen molar-refractivity contribution < 1.29 is 14.3 Å². The third-order valence-corrected chi connectivity index (χ3v) is 9.86. The summed E-state index contributed by atoms with van der Waals surface area (Å²) in [5.74, 6) is -0.334. The van der Waals surface area contributed by atoms with Crippen LogP contribution in [-0.2, 0) is 7.05 Å². The van der Waals surface area contributed by atoms with Gasteiger partial charge in [-0.2, -0.15) is 5.10 Å². The van der Waals surface area contributed by atoms with Crippen molar-refractivity contribution in [2.45, 2.75) is 89.3 Å². The van der Waals surface area contributed by atoms with E-state index in [0.29, 0.717) is 36.0 Å². The van der Waals surface area contributed by atoms with Crippen molar-refractivity contribution in [3.63, 3.8) is 0 Å². The van der Waals surface area contributed by atoms with Crippen molar-refractivity contribution in [1.82, 2.24) is 29.2 Å². The summed E-state index contributed by atoms with van der Waals surface area (Å²) >= 11 is 0. The average molecular weight is 586 g/mol. The highest BCUT2D eigenvalue weighted by Gasteiger charge is 2.33.